The SMILES string of the molecule is C=CCOC(=O)Nc1ccc(CC(NC(=O)c2ccccc2Cc2ccccc2)C(=O)OC)cc1. The van der Waals surface area contributed by atoms with Gasteiger partial charge < -0.3 is 14.8 Å². The molecule has 0 aromatic heterocycles. The summed E-state index contributed by atoms with van der Waals surface area (Å²) in [7, 11) is 1.28. The van der Waals surface area contributed by atoms with Crippen LogP contribution >= 0.6 is 0 Å². The summed E-state index contributed by atoms with van der Waals surface area (Å²) in [4.78, 5) is 37.3. The molecule has 1 atom stereocenters. The summed E-state index contributed by atoms with van der Waals surface area (Å²) in [6.45, 7) is 3.60. The highest BCUT2D eigenvalue weighted by atomic mass is 16.5. The standard InChI is InChI=1S/C28H28N2O5/c1-3-17-35-28(33)29-23-15-13-21(14-16-23)19-25(27(32)34-2)30-26(31)24-12-8-7-11-22(24)18-20-9-5-4-6-10-20/h3-16,25H,1,17-19H2,2H3,(H,29,33)(H,30,31). The zero-order valence-electron chi connectivity index (χ0n) is 19.5. The number of esters is 1. The number of anilines is 1. The van der Waals surface area contributed by atoms with E-state index in [0.717, 1.165) is 16.7 Å². The van der Waals surface area contributed by atoms with Crippen molar-refractivity contribution in [3.8, 4) is 0 Å². The van der Waals surface area contributed by atoms with E-state index >= 15 is 0 Å². The first-order valence-electron chi connectivity index (χ1n) is 11.1. The molecule has 0 fully saturated rings. The van der Waals surface area contributed by atoms with Crippen LogP contribution in [0.5, 0.6) is 0 Å². The molecule has 35 heavy (non-hydrogen) atoms. The third kappa shape index (κ3) is 7.57. The number of benzene rings is 3. The molecule has 3 rings (SSSR count). The minimum atomic E-state index is -0.881. The summed E-state index contributed by atoms with van der Waals surface area (Å²) in [5, 5.41) is 5.42. The molecular formula is C28H28N2O5. The lowest BCUT2D eigenvalue weighted by atomic mass is 9.98. The summed E-state index contributed by atoms with van der Waals surface area (Å²) in [5.74, 6) is -0.899. The van der Waals surface area contributed by atoms with Gasteiger partial charge in [-0.15, -0.1) is 0 Å². The summed E-state index contributed by atoms with van der Waals surface area (Å²) in [5.41, 5.74) is 3.76. The molecule has 0 saturated carbocycles. The van der Waals surface area contributed by atoms with E-state index in [1.54, 1.807) is 36.4 Å². The van der Waals surface area contributed by atoms with Crippen molar-refractivity contribution in [2.75, 3.05) is 19.0 Å². The highest BCUT2D eigenvalue weighted by Crippen LogP contribution is 2.16. The van der Waals surface area contributed by atoms with Crippen molar-refractivity contribution in [2.24, 2.45) is 0 Å². The van der Waals surface area contributed by atoms with Gasteiger partial charge in [-0.05, 0) is 41.3 Å². The quantitative estimate of drug-likeness (QED) is 0.334. The van der Waals surface area contributed by atoms with Crippen molar-refractivity contribution in [1.29, 1.82) is 0 Å². The van der Waals surface area contributed by atoms with E-state index in [1.165, 1.54) is 13.2 Å². The number of rotatable bonds is 10. The topological polar surface area (TPSA) is 93.7 Å². The molecule has 0 aliphatic heterocycles. The predicted molar refractivity (Wildman–Crippen MR) is 134 cm³/mol. The van der Waals surface area contributed by atoms with E-state index in [0.29, 0.717) is 17.7 Å². The van der Waals surface area contributed by atoms with Gasteiger partial charge in [0.15, 0.2) is 0 Å². The molecule has 0 heterocycles. The highest BCUT2D eigenvalue weighted by Gasteiger charge is 2.24. The maximum atomic E-state index is 13.2. The molecule has 0 spiro atoms. The minimum absolute atomic E-state index is 0.110. The van der Waals surface area contributed by atoms with Crippen LogP contribution in [0.15, 0.2) is 91.5 Å². The van der Waals surface area contributed by atoms with Gasteiger partial charge in [0.2, 0.25) is 0 Å². The first-order chi connectivity index (χ1) is 17.0. The van der Waals surface area contributed by atoms with Gasteiger partial charge in [-0.3, -0.25) is 10.1 Å². The molecule has 0 saturated heterocycles. The fraction of sp³-hybridized carbons (Fsp3) is 0.179. The second-order valence-corrected chi connectivity index (χ2v) is 7.78. The van der Waals surface area contributed by atoms with E-state index in [9.17, 15) is 14.4 Å². The molecule has 180 valence electrons. The molecule has 3 aromatic carbocycles. The Kier molecular flexibility index (Phi) is 9.19. The third-order valence-corrected chi connectivity index (χ3v) is 5.26. The van der Waals surface area contributed by atoms with Crippen molar-refractivity contribution < 1.29 is 23.9 Å². The van der Waals surface area contributed by atoms with Gasteiger partial charge in [-0.25, -0.2) is 9.59 Å². The van der Waals surface area contributed by atoms with Gasteiger partial charge in [-0.2, -0.15) is 0 Å². The van der Waals surface area contributed by atoms with E-state index in [2.05, 4.69) is 17.2 Å². The van der Waals surface area contributed by atoms with Gasteiger partial charge >= 0.3 is 12.1 Å². The van der Waals surface area contributed by atoms with Crippen LogP contribution in [0.4, 0.5) is 10.5 Å². The average Bonchev–Trinajstić information content (AvgIpc) is 2.88. The smallest absolute Gasteiger partial charge is 0.411 e. The molecule has 1 unspecified atom stereocenters. The van der Waals surface area contributed by atoms with Gasteiger partial charge in [0.05, 0.1) is 7.11 Å². The number of carbonyl (C=O) groups is 3. The van der Waals surface area contributed by atoms with Gasteiger partial charge in [0, 0.05) is 17.7 Å². The number of carbonyl (C=O) groups excluding carboxylic acids is 3. The maximum Gasteiger partial charge on any atom is 0.411 e. The molecule has 3 aromatic rings. The average molecular weight is 473 g/mol. The van der Waals surface area contributed by atoms with Crippen LogP contribution in [0.3, 0.4) is 0 Å². The summed E-state index contributed by atoms with van der Waals surface area (Å²) < 4.78 is 9.82. The molecule has 0 radical (unpaired) electrons. The highest BCUT2D eigenvalue weighted by molar-refractivity contribution is 5.98. The Labute approximate surface area is 204 Å². The Balaban J connectivity index is 1.70. The molecule has 7 heteroatoms. The zero-order valence-corrected chi connectivity index (χ0v) is 19.5. The number of hydrogen-bond donors (Lipinski definition) is 2. The van der Waals surface area contributed by atoms with Crippen LogP contribution in [0.1, 0.15) is 27.0 Å². The van der Waals surface area contributed by atoms with Gasteiger partial charge in [0.1, 0.15) is 12.6 Å². The molecule has 0 bridgehead atoms. The molecule has 2 N–H and O–H groups in total. The Hall–Kier alpha value is -4.39. The molecule has 2 amide bonds. The van der Waals surface area contributed by atoms with Crippen LogP contribution in [-0.2, 0) is 27.1 Å². The van der Waals surface area contributed by atoms with Crippen LogP contribution in [0.2, 0.25) is 0 Å². The fourth-order valence-electron chi connectivity index (χ4n) is 3.53. The predicted octanol–water partition coefficient (Wildman–Crippen LogP) is 4.53. The van der Waals surface area contributed by atoms with Crippen LogP contribution in [0, 0.1) is 0 Å². The molecule has 0 aliphatic rings. The summed E-state index contributed by atoms with van der Waals surface area (Å²) >= 11 is 0. The molecular weight excluding hydrogens is 444 g/mol. The summed E-state index contributed by atoms with van der Waals surface area (Å²) in [6, 6.07) is 23.2. The summed E-state index contributed by atoms with van der Waals surface area (Å²) in [6.07, 6.45) is 1.70. The second-order valence-electron chi connectivity index (χ2n) is 7.78. The van der Waals surface area contributed by atoms with Crippen molar-refractivity contribution >= 4 is 23.7 Å². The van der Waals surface area contributed by atoms with Gasteiger partial charge in [-0.1, -0.05) is 73.3 Å². The normalized spacial score (nSPS) is 11.1. The number of amides is 2. The Morgan fingerprint density at radius 2 is 1.60 bits per heavy atom. The lowest BCUT2D eigenvalue weighted by Crippen LogP contribution is -2.43. The zero-order chi connectivity index (χ0) is 25.0. The lowest BCUT2D eigenvalue weighted by molar-refractivity contribution is -0.142. The Morgan fingerprint density at radius 3 is 2.29 bits per heavy atom. The largest absolute Gasteiger partial charge is 0.467 e. The minimum Gasteiger partial charge on any atom is -0.467 e. The number of nitrogens with one attached hydrogen (secondary N) is 2. The van der Waals surface area contributed by atoms with Crippen LogP contribution in [0.25, 0.3) is 0 Å². The van der Waals surface area contributed by atoms with Crippen molar-refractivity contribution in [3.63, 3.8) is 0 Å². The van der Waals surface area contributed by atoms with Crippen molar-refractivity contribution in [3.05, 3.63) is 114 Å². The Morgan fingerprint density at radius 1 is 0.914 bits per heavy atom. The lowest BCUT2D eigenvalue weighted by Gasteiger charge is -2.18. The van der Waals surface area contributed by atoms with Crippen molar-refractivity contribution in [2.45, 2.75) is 18.9 Å². The number of ether oxygens (including phenoxy) is 2. The first kappa shape index (κ1) is 25.2. The second kappa shape index (κ2) is 12.7. The first-order valence-corrected chi connectivity index (χ1v) is 11.1. The van der Waals surface area contributed by atoms with E-state index in [1.807, 2.05) is 42.5 Å². The fourth-order valence-corrected chi connectivity index (χ4v) is 3.53. The van der Waals surface area contributed by atoms with Crippen LogP contribution < -0.4 is 10.6 Å². The van der Waals surface area contributed by atoms with Crippen LogP contribution in [-0.4, -0.2) is 37.7 Å². The monoisotopic (exact) mass is 472 g/mol. The number of hydrogen-bond acceptors (Lipinski definition) is 5. The molecule has 0 aliphatic carbocycles. The molecule has 7 nitrogen and oxygen atoms in total. The van der Waals surface area contributed by atoms with Crippen molar-refractivity contribution in [1.82, 2.24) is 5.32 Å². The van der Waals surface area contributed by atoms with Gasteiger partial charge in [0.25, 0.3) is 5.91 Å². The van der Waals surface area contributed by atoms with E-state index in [4.69, 9.17) is 9.47 Å². The third-order valence-electron chi connectivity index (χ3n) is 5.26. The Bertz CT molecular complexity index is 1160. The number of methoxy groups -OCH3 is 1. The van der Waals surface area contributed by atoms with E-state index in [-0.39, 0.29) is 18.9 Å². The maximum absolute atomic E-state index is 13.2. The van der Waals surface area contributed by atoms with E-state index < -0.39 is 18.1 Å².